The molecule has 0 bridgehead atoms. The van der Waals surface area contributed by atoms with Gasteiger partial charge in [0.1, 0.15) is 23.2 Å². The van der Waals surface area contributed by atoms with E-state index in [2.05, 4.69) is 4.98 Å². The molecule has 4 rings (SSSR count). The lowest BCUT2D eigenvalue weighted by Gasteiger charge is -2.30. The number of hydrogen-bond acceptors (Lipinski definition) is 6. The highest BCUT2D eigenvalue weighted by Gasteiger charge is 2.39. The fourth-order valence-electron chi connectivity index (χ4n) is 3.84. The van der Waals surface area contributed by atoms with E-state index in [0.29, 0.717) is 54.0 Å². The van der Waals surface area contributed by atoms with Crippen LogP contribution >= 0.6 is 0 Å². The van der Waals surface area contributed by atoms with Gasteiger partial charge in [-0.15, -0.1) is 0 Å². The molecule has 7 heteroatoms. The summed E-state index contributed by atoms with van der Waals surface area (Å²) in [5.74, 6) is 0.132. The number of nitrogens with two attached hydrogens (primary N) is 1. The zero-order chi connectivity index (χ0) is 19.8. The maximum Gasteiger partial charge on any atom is 0.252 e. The fraction of sp³-hybridized carbons (Fsp3) is 0.286. The number of benzene rings is 1. The van der Waals surface area contributed by atoms with Gasteiger partial charge < -0.3 is 20.2 Å². The first-order chi connectivity index (χ1) is 13.5. The van der Waals surface area contributed by atoms with E-state index in [1.165, 1.54) is 0 Å². The number of aromatic amines is 1. The standard InChI is InChI=1S/C21H19N3O4/c1-2-27-12-6-7-15-11(8-12)9-13(21(26)24-15)18-14(10-22)20(23)28-17-5-3-4-16(25)19(17)18/h6-9,18H,2-5,23H2,1H3,(H,24,26)/t18-/m0/s1. The second-order valence-corrected chi connectivity index (χ2v) is 6.77. The number of ether oxygens (including phenoxy) is 2. The number of carbonyl (C=O) groups excluding carboxylic acids is 1. The predicted molar refractivity (Wildman–Crippen MR) is 102 cm³/mol. The minimum atomic E-state index is -0.828. The van der Waals surface area contributed by atoms with Gasteiger partial charge in [0.15, 0.2) is 5.78 Å². The molecule has 0 radical (unpaired) electrons. The number of nitrogens with one attached hydrogen (secondary N) is 1. The van der Waals surface area contributed by atoms with Gasteiger partial charge in [-0.3, -0.25) is 9.59 Å². The minimum Gasteiger partial charge on any atom is -0.494 e. The molecule has 0 saturated carbocycles. The van der Waals surface area contributed by atoms with Crippen molar-refractivity contribution in [3.8, 4) is 11.8 Å². The van der Waals surface area contributed by atoms with Crippen molar-refractivity contribution >= 4 is 16.7 Å². The summed E-state index contributed by atoms with van der Waals surface area (Å²) in [6, 6.07) is 9.08. The van der Waals surface area contributed by atoms with Crippen LogP contribution < -0.4 is 16.0 Å². The first kappa shape index (κ1) is 17.9. The van der Waals surface area contributed by atoms with Gasteiger partial charge in [0.25, 0.3) is 5.56 Å². The monoisotopic (exact) mass is 377 g/mol. The number of hydrogen-bond donors (Lipinski definition) is 2. The lowest BCUT2D eigenvalue weighted by molar-refractivity contribution is -0.116. The van der Waals surface area contributed by atoms with Crippen LogP contribution in [0, 0.1) is 11.3 Å². The van der Waals surface area contributed by atoms with Crippen molar-refractivity contribution < 1.29 is 14.3 Å². The molecular weight excluding hydrogens is 358 g/mol. The smallest absolute Gasteiger partial charge is 0.252 e. The first-order valence-corrected chi connectivity index (χ1v) is 9.17. The number of ketones is 1. The summed E-state index contributed by atoms with van der Waals surface area (Å²) in [5.41, 5.74) is 6.97. The van der Waals surface area contributed by atoms with Crippen LogP contribution in [0.5, 0.6) is 5.75 Å². The summed E-state index contributed by atoms with van der Waals surface area (Å²) in [7, 11) is 0. The highest BCUT2D eigenvalue weighted by molar-refractivity contribution is 5.99. The van der Waals surface area contributed by atoms with Crippen molar-refractivity contribution in [1.29, 1.82) is 5.26 Å². The fourth-order valence-corrected chi connectivity index (χ4v) is 3.84. The van der Waals surface area contributed by atoms with Gasteiger partial charge >= 0.3 is 0 Å². The molecule has 142 valence electrons. The topological polar surface area (TPSA) is 118 Å². The van der Waals surface area contributed by atoms with Gasteiger partial charge in [-0.05, 0) is 37.6 Å². The molecule has 1 aromatic heterocycles. The summed E-state index contributed by atoms with van der Waals surface area (Å²) in [6.07, 6.45) is 1.57. The molecule has 2 aromatic rings. The lowest BCUT2D eigenvalue weighted by atomic mass is 9.78. The zero-order valence-electron chi connectivity index (χ0n) is 15.4. The van der Waals surface area contributed by atoms with E-state index in [4.69, 9.17) is 15.2 Å². The van der Waals surface area contributed by atoms with Gasteiger partial charge in [-0.1, -0.05) is 0 Å². The van der Waals surface area contributed by atoms with Gasteiger partial charge in [0.05, 0.1) is 12.5 Å². The minimum absolute atomic E-state index is 0.0523. The Morgan fingerprint density at radius 2 is 2.14 bits per heavy atom. The molecule has 0 spiro atoms. The van der Waals surface area contributed by atoms with Crippen LogP contribution in [0.25, 0.3) is 10.9 Å². The molecule has 1 aliphatic carbocycles. The van der Waals surface area contributed by atoms with E-state index >= 15 is 0 Å². The third-order valence-electron chi connectivity index (χ3n) is 5.07. The largest absolute Gasteiger partial charge is 0.494 e. The average molecular weight is 377 g/mol. The third-order valence-corrected chi connectivity index (χ3v) is 5.07. The van der Waals surface area contributed by atoms with E-state index in [9.17, 15) is 14.9 Å². The lowest BCUT2D eigenvalue weighted by Crippen LogP contribution is -2.30. The van der Waals surface area contributed by atoms with Crippen LogP contribution in [-0.4, -0.2) is 17.4 Å². The maximum absolute atomic E-state index is 12.9. The van der Waals surface area contributed by atoms with Gasteiger partial charge in [-0.2, -0.15) is 5.26 Å². The van der Waals surface area contributed by atoms with Crippen LogP contribution in [0.1, 0.15) is 37.7 Å². The predicted octanol–water partition coefficient (Wildman–Crippen LogP) is 2.74. The van der Waals surface area contributed by atoms with Crippen LogP contribution in [0.2, 0.25) is 0 Å². The van der Waals surface area contributed by atoms with Crippen molar-refractivity contribution in [3.05, 3.63) is 63.0 Å². The van der Waals surface area contributed by atoms with Gasteiger partial charge in [0.2, 0.25) is 5.88 Å². The second-order valence-electron chi connectivity index (χ2n) is 6.77. The molecular formula is C21H19N3O4. The molecule has 2 heterocycles. The quantitative estimate of drug-likeness (QED) is 0.849. The highest BCUT2D eigenvalue weighted by Crippen LogP contribution is 2.42. The molecule has 28 heavy (non-hydrogen) atoms. The molecule has 1 atom stereocenters. The number of carbonyl (C=O) groups is 1. The number of nitriles is 1. The summed E-state index contributed by atoms with van der Waals surface area (Å²) < 4.78 is 11.1. The molecule has 0 saturated heterocycles. The third kappa shape index (κ3) is 2.83. The molecule has 0 amide bonds. The first-order valence-electron chi connectivity index (χ1n) is 9.17. The Bertz CT molecular complexity index is 1150. The van der Waals surface area contributed by atoms with E-state index in [1.54, 1.807) is 18.2 Å². The highest BCUT2D eigenvalue weighted by atomic mass is 16.5. The van der Waals surface area contributed by atoms with Crippen molar-refractivity contribution in [3.63, 3.8) is 0 Å². The molecule has 0 fully saturated rings. The SMILES string of the molecule is CCOc1ccc2[nH]c(=O)c([C@H]3C(C#N)=C(N)OC4=C3C(=O)CCC4)cc2c1. The van der Waals surface area contributed by atoms with Crippen LogP contribution in [-0.2, 0) is 9.53 Å². The Morgan fingerprint density at radius 3 is 2.89 bits per heavy atom. The number of rotatable bonds is 3. The number of aromatic nitrogens is 1. The number of fused-ring (bicyclic) bond motifs is 1. The van der Waals surface area contributed by atoms with E-state index < -0.39 is 5.92 Å². The Kier molecular flexibility index (Phi) is 4.40. The Labute approximate surface area is 161 Å². The van der Waals surface area contributed by atoms with Crippen molar-refractivity contribution in [2.45, 2.75) is 32.1 Å². The molecule has 2 aliphatic rings. The van der Waals surface area contributed by atoms with Crippen molar-refractivity contribution in [1.82, 2.24) is 4.98 Å². The zero-order valence-corrected chi connectivity index (χ0v) is 15.4. The number of Topliss-reactive ketones (excluding diaryl/α,β-unsaturated/α-hetero) is 1. The molecule has 3 N–H and O–H groups in total. The molecule has 7 nitrogen and oxygen atoms in total. The molecule has 1 aliphatic heterocycles. The summed E-state index contributed by atoms with van der Waals surface area (Å²) in [6.45, 7) is 2.41. The average Bonchev–Trinajstić information content (AvgIpc) is 2.67. The Morgan fingerprint density at radius 1 is 1.32 bits per heavy atom. The summed E-state index contributed by atoms with van der Waals surface area (Å²) in [5, 5.41) is 10.4. The second kappa shape index (κ2) is 6.89. The summed E-state index contributed by atoms with van der Waals surface area (Å²) >= 11 is 0. The molecule has 1 aromatic carbocycles. The number of allylic oxidation sites excluding steroid dienone is 3. The van der Waals surface area contributed by atoms with Crippen LogP contribution in [0.15, 0.2) is 51.8 Å². The van der Waals surface area contributed by atoms with Gasteiger partial charge in [-0.25, -0.2) is 0 Å². The van der Waals surface area contributed by atoms with Crippen LogP contribution in [0.3, 0.4) is 0 Å². The normalized spacial score (nSPS) is 19.3. The molecule has 0 unspecified atom stereocenters. The van der Waals surface area contributed by atoms with E-state index in [-0.39, 0.29) is 22.8 Å². The maximum atomic E-state index is 12.9. The van der Waals surface area contributed by atoms with Crippen LogP contribution in [0.4, 0.5) is 0 Å². The van der Waals surface area contributed by atoms with E-state index in [1.807, 2.05) is 19.1 Å². The Hall–Kier alpha value is -3.53. The Balaban J connectivity index is 1.95. The number of pyridine rings is 1. The van der Waals surface area contributed by atoms with E-state index in [0.717, 1.165) is 5.39 Å². The van der Waals surface area contributed by atoms with Gasteiger partial charge in [0, 0.05) is 34.9 Å². The number of nitrogens with zero attached hydrogens (tertiary/aromatic N) is 1. The number of H-pyrrole nitrogens is 1. The van der Waals surface area contributed by atoms with Crippen molar-refractivity contribution in [2.24, 2.45) is 5.73 Å². The summed E-state index contributed by atoms with van der Waals surface area (Å²) in [4.78, 5) is 28.3. The van der Waals surface area contributed by atoms with Crippen molar-refractivity contribution in [2.75, 3.05) is 6.61 Å².